The minimum absolute atomic E-state index is 0.110. The first-order chi connectivity index (χ1) is 11.2. The summed E-state index contributed by atoms with van der Waals surface area (Å²) in [6, 6.07) is 12.5. The summed E-state index contributed by atoms with van der Waals surface area (Å²) in [6.45, 7) is 2.11. The van der Waals surface area contributed by atoms with Crippen molar-refractivity contribution >= 4 is 17.4 Å². The van der Waals surface area contributed by atoms with E-state index in [0.29, 0.717) is 5.56 Å². The Kier molecular flexibility index (Phi) is 5.99. The zero-order chi connectivity index (χ0) is 17.8. The van der Waals surface area contributed by atoms with Gasteiger partial charge in [-0.1, -0.05) is 37.6 Å². The molecule has 130 valence electrons. The largest absolute Gasteiger partial charge is 0.329 e. The van der Waals surface area contributed by atoms with Crippen molar-refractivity contribution in [3.8, 4) is 0 Å². The Morgan fingerprint density at radius 3 is 1.75 bits per heavy atom. The lowest BCUT2D eigenvalue weighted by atomic mass is 10.1. The Morgan fingerprint density at radius 1 is 0.875 bits per heavy atom. The van der Waals surface area contributed by atoms with Gasteiger partial charge in [-0.3, -0.25) is 4.57 Å². The maximum absolute atomic E-state index is 12.6. The first kappa shape index (κ1) is 18.9. The van der Waals surface area contributed by atoms with Crippen LogP contribution in [0.1, 0.15) is 30.9 Å². The standard InChI is InChI=1S/C17H21O5PS/c1-2-3-4-14-5-9-16(10-6-14)24(21,22)17-11-7-15(8-12-17)13-23(18,19)20/h5-12H,2-4,13H2,1H3,(H2,18,19,20). The molecule has 5 nitrogen and oxygen atoms in total. The summed E-state index contributed by atoms with van der Waals surface area (Å²) in [4.78, 5) is 18.2. The lowest BCUT2D eigenvalue weighted by Gasteiger charge is -2.08. The van der Waals surface area contributed by atoms with Crippen LogP contribution in [0.4, 0.5) is 0 Å². The van der Waals surface area contributed by atoms with Crippen molar-refractivity contribution in [2.75, 3.05) is 0 Å². The van der Waals surface area contributed by atoms with Gasteiger partial charge in [-0.2, -0.15) is 0 Å². The maximum Gasteiger partial charge on any atom is 0.329 e. The van der Waals surface area contributed by atoms with Gasteiger partial charge < -0.3 is 9.79 Å². The third kappa shape index (κ3) is 5.02. The predicted octanol–water partition coefficient (Wildman–Crippen LogP) is 3.54. The van der Waals surface area contributed by atoms with Crippen molar-refractivity contribution in [2.24, 2.45) is 0 Å². The normalized spacial score (nSPS) is 12.3. The Balaban J connectivity index is 2.22. The highest BCUT2D eigenvalue weighted by atomic mass is 32.2. The molecule has 0 spiro atoms. The average molecular weight is 368 g/mol. The monoisotopic (exact) mass is 368 g/mol. The van der Waals surface area contributed by atoms with Crippen LogP contribution in [0.2, 0.25) is 0 Å². The molecule has 0 aliphatic rings. The van der Waals surface area contributed by atoms with Gasteiger partial charge in [-0.25, -0.2) is 8.42 Å². The quantitative estimate of drug-likeness (QED) is 0.730. The fourth-order valence-corrected chi connectivity index (χ4v) is 4.31. The van der Waals surface area contributed by atoms with Crippen LogP contribution < -0.4 is 0 Å². The second kappa shape index (κ2) is 7.62. The highest BCUT2D eigenvalue weighted by Gasteiger charge is 2.19. The first-order valence-electron chi connectivity index (χ1n) is 7.70. The number of hydrogen-bond acceptors (Lipinski definition) is 3. The SMILES string of the molecule is CCCCc1ccc(S(=O)(=O)c2ccc(CP(=O)(O)O)cc2)cc1. The van der Waals surface area contributed by atoms with E-state index in [1.807, 2.05) is 12.1 Å². The van der Waals surface area contributed by atoms with Crippen molar-refractivity contribution in [3.05, 3.63) is 59.7 Å². The van der Waals surface area contributed by atoms with E-state index in [0.717, 1.165) is 24.8 Å². The van der Waals surface area contributed by atoms with Crippen LogP contribution in [0.15, 0.2) is 58.3 Å². The predicted molar refractivity (Wildman–Crippen MR) is 92.7 cm³/mol. The molecule has 2 rings (SSSR count). The molecule has 0 amide bonds. The van der Waals surface area contributed by atoms with Gasteiger partial charge in [-0.05, 0) is 48.2 Å². The van der Waals surface area contributed by atoms with Crippen LogP contribution >= 0.6 is 7.60 Å². The van der Waals surface area contributed by atoms with Crippen molar-refractivity contribution in [1.29, 1.82) is 0 Å². The van der Waals surface area contributed by atoms with E-state index in [1.165, 1.54) is 24.3 Å². The fraction of sp³-hybridized carbons (Fsp3) is 0.294. The number of aryl methyl sites for hydroxylation is 1. The zero-order valence-electron chi connectivity index (χ0n) is 13.4. The van der Waals surface area contributed by atoms with Crippen molar-refractivity contribution in [2.45, 2.75) is 42.1 Å². The van der Waals surface area contributed by atoms with Crippen LogP contribution in [0.25, 0.3) is 0 Å². The zero-order valence-corrected chi connectivity index (χ0v) is 15.1. The van der Waals surface area contributed by atoms with E-state index >= 15 is 0 Å². The number of hydrogen-bond donors (Lipinski definition) is 2. The van der Waals surface area contributed by atoms with Crippen LogP contribution in [0.3, 0.4) is 0 Å². The average Bonchev–Trinajstić information content (AvgIpc) is 2.52. The molecule has 0 bridgehead atoms. The Bertz CT molecular complexity index is 820. The molecule has 0 aromatic heterocycles. The van der Waals surface area contributed by atoms with E-state index < -0.39 is 23.6 Å². The van der Waals surface area contributed by atoms with Gasteiger partial charge in [0.25, 0.3) is 0 Å². The lowest BCUT2D eigenvalue weighted by molar-refractivity contribution is 0.371. The van der Waals surface area contributed by atoms with Crippen LogP contribution in [-0.2, 0) is 27.0 Å². The highest BCUT2D eigenvalue weighted by Crippen LogP contribution is 2.39. The summed E-state index contributed by atoms with van der Waals surface area (Å²) in [6.07, 6.45) is 2.67. The van der Waals surface area contributed by atoms with Gasteiger partial charge in [0.1, 0.15) is 0 Å². The molecule has 7 heteroatoms. The molecule has 0 aliphatic heterocycles. The van der Waals surface area contributed by atoms with Crippen molar-refractivity contribution < 1.29 is 22.8 Å². The molecule has 0 saturated heterocycles. The van der Waals surface area contributed by atoms with E-state index in [4.69, 9.17) is 9.79 Å². The summed E-state index contributed by atoms with van der Waals surface area (Å²) >= 11 is 0. The van der Waals surface area contributed by atoms with Gasteiger partial charge >= 0.3 is 7.60 Å². The molecule has 0 saturated carbocycles. The van der Waals surface area contributed by atoms with E-state index in [-0.39, 0.29) is 9.79 Å². The third-order valence-corrected chi connectivity index (χ3v) is 6.24. The molecule has 2 aromatic carbocycles. The minimum atomic E-state index is -4.17. The molecule has 0 fully saturated rings. The van der Waals surface area contributed by atoms with Crippen molar-refractivity contribution in [3.63, 3.8) is 0 Å². The van der Waals surface area contributed by atoms with Gasteiger partial charge in [-0.15, -0.1) is 0 Å². The van der Waals surface area contributed by atoms with E-state index in [9.17, 15) is 13.0 Å². The molecular weight excluding hydrogens is 347 g/mol. The molecule has 24 heavy (non-hydrogen) atoms. The first-order valence-corrected chi connectivity index (χ1v) is 11.0. The van der Waals surface area contributed by atoms with Gasteiger partial charge in [0, 0.05) is 0 Å². The molecule has 2 N–H and O–H groups in total. The summed E-state index contributed by atoms with van der Waals surface area (Å²) in [7, 11) is -7.80. The molecule has 0 radical (unpaired) electrons. The van der Waals surface area contributed by atoms with E-state index in [2.05, 4.69) is 6.92 Å². The van der Waals surface area contributed by atoms with Crippen molar-refractivity contribution in [1.82, 2.24) is 0 Å². The number of benzene rings is 2. The van der Waals surface area contributed by atoms with Crippen LogP contribution in [0, 0.1) is 0 Å². The minimum Gasteiger partial charge on any atom is -0.324 e. The summed E-state index contributed by atoms with van der Waals surface area (Å²) in [5.41, 5.74) is 1.50. The third-order valence-electron chi connectivity index (χ3n) is 3.67. The topological polar surface area (TPSA) is 91.7 Å². The van der Waals surface area contributed by atoms with Crippen LogP contribution in [-0.4, -0.2) is 18.2 Å². The number of sulfone groups is 1. The second-order valence-electron chi connectivity index (χ2n) is 5.72. The van der Waals surface area contributed by atoms with Crippen LogP contribution in [0.5, 0.6) is 0 Å². The lowest BCUT2D eigenvalue weighted by Crippen LogP contribution is -2.02. The van der Waals surface area contributed by atoms with E-state index in [1.54, 1.807) is 12.1 Å². The summed E-state index contributed by atoms with van der Waals surface area (Å²) in [5, 5.41) is 0. The molecular formula is C17H21O5PS. The van der Waals surface area contributed by atoms with Gasteiger partial charge in [0.15, 0.2) is 0 Å². The number of unbranched alkanes of at least 4 members (excludes halogenated alkanes) is 1. The Morgan fingerprint density at radius 2 is 1.33 bits per heavy atom. The van der Waals surface area contributed by atoms with Gasteiger partial charge in [0.2, 0.25) is 9.84 Å². The second-order valence-corrected chi connectivity index (χ2v) is 9.31. The smallest absolute Gasteiger partial charge is 0.324 e. The molecule has 0 atom stereocenters. The molecule has 0 aliphatic carbocycles. The molecule has 0 heterocycles. The summed E-state index contributed by atoms with van der Waals surface area (Å²) in [5.74, 6) is 0. The van der Waals surface area contributed by atoms with Gasteiger partial charge in [0.05, 0.1) is 16.0 Å². The molecule has 2 aromatic rings. The Labute approximate surface area is 142 Å². The molecule has 0 unspecified atom stereocenters. The number of rotatable bonds is 7. The Hall–Kier alpha value is -1.46. The highest BCUT2D eigenvalue weighted by molar-refractivity contribution is 7.91. The maximum atomic E-state index is 12.6. The summed E-state index contributed by atoms with van der Waals surface area (Å²) < 4.78 is 36.2. The fourth-order valence-electron chi connectivity index (χ4n) is 2.36.